The largest absolute Gasteiger partial charge is 0.396 e. The first-order chi connectivity index (χ1) is 6.46. The monoisotopic (exact) mass is 206 g/mol. The molecular weight excluding hydrogens is 188 g/mol. The topological polar surface area (TPSA) is 90.2 Å². The van der Waals surface area contributed by atoms with E-state index in [9.17, 15) is 15.3 Å². The zero-order chi connectivity index (χ0) is 10.9. The van der Waals surface area contributed by atoms with Gasteiger partial charge in [0.2, 0.25) is 0 Å². The third-order valence-electron chi connectivity index (χ3n) is 3.15. The number of hydrogen-bond acceptors (Lipinski definition) is 5. The minimum absolute atomic E-state index is 0.232. The van der Waals surface area contributed by atoms with Gasteiger partial charge in [-0.25, -0.2) is 0 Å². The van der Waals surface area contributed by atoms with Gasteiger partial charge in [-0.05, 0) is 13.3 Å². The average Bonchev–Trinajstić information content (AvgIpc) is 2.20. The molecule has 0 aliphatic heterocycles. The molecule has 4 N–H and O–H groups in total. The van der Waals surface area contributed by atoms with E-state index < -0.39 is 29.8 Å². The fourth-order valence-corrected chi connectivity index (χ4v) is 1.97. The van der Waals surface area contributed by atoms with Gasteiger partial charge in [-0.1, -0.05) is 0 Å². The zero-order valence-corrected chi connectivity index (χ0v) is 8.42. The molecule has 1 unspecified atom stereocenters. The second-order valence-electron chi connectivity index (χ2n) is 4.09. The van der Waals surface area contributed by atoms with Crippen LogP contribution >= 0.6 is 0 Å². The van der Waals surface area contributed by atoms with Crippen LogP contribution in [-0.4, -0.2) is 58.1 Å². The summed E-state index contributed by atoms with van der Waals surface area (Å²) >= 11 is 0. The molecule has 1 fully saturated rings. The Morgan fingerprint density at radius 2 is 1.86 bits per heavy atom. The smallest absolute Gasteiger partial charge is 0.111 e. The van der Waals surface area contributed by atoms with Crippen LogP contribution in [0.5, 0.6) is 0 Å². The maximum absolute atomic E-state index is 9.66. The molecule has 1 rings (SSSR count). The van der Waals surface area contributed by atoms with Crippen LogP contribution in [0.3, 0.4) is 0 Å². The predicted molar refractivity (Wildman–Crippen MR) is 48.6 cm³/mol. The second kappa shape index (κ2) is 4.12. The SMILES string of the molecule is COC1(C)C[C@H](CO)[C@@H](O)[C@H](O)[C@H]1O. The van der Waals surface area contributed by atoms with Crippen LogP contribution < -0.4 is 0 Å². The standard InChI is InChI=1S/C9H18O5/c1-9(14-2)3-5(4-10)6(11)7(12)8(9)13/h5-8,10-13H,3-4H2,1-2H3/t5-,6-,7+,8-,9?/m1/s1. The minimum atomic E-state index is -1.27. The first kappa shape index (κ1) is 11.9. The van der Waals surface area contributed by atoms with E-state index in [0.717, 1.165) is 0 Å². The van der Waals surface area contributed by atoms with Crippen LogP contribution in [0, 0.1) is 5.92 Å². The summed E-state index contributed by atoms with van der Waals surface area (Å²) in [5.74, 6) is -0.460. The number of rotatable bonds is 2. The molecular formula is C9H18O5. The molecule has 1 aliphatic rings. The van der Waals surface area contributed by atoms with Crippen molar-refractivity contribution in [1.29, 1.82) is 0 Å². The Morgan fingerprint density at radius 1 is 1.29 bits per heavy atom. The van der Waals surface area contributed by atoms with E-state index in [0.29, 0.717) is 6.42 Å². The summed E-state index contributed by atoms with van der Waals surface area (Å²) in [5, 5.41) is 37.7. The third-order valence-corrected chi connectivity index (χ3v) is 3.15. The Balaban J connectivity index is 2.84. The highest BCUT2D eigenvalue weighted by Gasteiger charge is 2.49. The van der Waals surface area contributed by atoms with Gasteiger partial charge >= 0.3 is 0 Å². The van der Waals surface area contributed by atoms with E-state index in [4.69, 9.17) is 9.84 Å². The van der Waals surface area contributed by atoms with Crippen molar-refractivity contribution >= 4 is 0 Å². The lowest BCUT2D eigenvalue weighted by atomic mass is 9.74. The van der Waals surface area contributed by atoms with Gasteiger partial charge in [-0.3, -0.25) is 0 Å². The molecule has 0 bridgehead atoms. The lowest BCUT2D eigenvalue weighted by Crippen LogP contribution is -2.60. The quantitative estimate of drug-likeness (QED) is 0.441. The molecule has 14 heavy (non-hydrogen) atoms. The second-order valence-corrected chi connectivity index (χ2v) is 4.09. The first-order valence-electron chi connectivity index (χ1n) is 4.66. The molecule has 5 nitrogen and oxygen atoms in total. The van der Waals surface area contributed by atoms with Crippen molar-refractivity contribution in [1.82, 2.24) is 0 Å². The van der Waals surface area contributed by atoms with E-state index in [1.54, 1.807) is 6.92 Å². The Hall–Kier alpha value is -0.200. The highest BCUT2D eigenvalue weighted by atomic mass is 16.5. The maximum Gasteiger partial charge on any atom is 0.111 e. The number of hydrogen-bond donors (Lipinski definition) is 4. The summed E-state index contributed by atoms with van der Waals surface area (Å²) in [4.78, 5) is 0. The Kier molecular flexibility index (Phi) is 3.49. The van der Waals surface area contributed by atoms with Crippen molar-refractivity contribution in [3.05, 3.63) is 0 Å². The van der Waals surface area contributed by atoms with Crippen molar-refractivity contribution in [2.45, 2.75) is 37.3 Å². The molecule has 0 amide bonds. The van der Waals surface area contributed by atoms with E-state index in [1.807, 2.05) is 0 Å². The molecule has 1 saturated carbocycles. The maximum atomic E-state index is 9.66. The molecule has 0 heterocycles. The van der Waals surface area contributed by atoms with E-state index >= 15 is 0 Å². The predicted octanol–water partition coefficient (Wildman–Crippen LogP) is -1.51. The van der Waals surface area contributed by atoms with Gasteiger partial charge in [-0.15, -0.1) is 0 Å². The summed E-state index contributed by atoms with van der Waals surface area (Å²) in [6.45, 7) is 1.42. The molecule has 5 heteroatoms. The summed E-state index contributed by atoms with van der Waals surface area (Å²) in [6.07, 6.45) is -3.19. The van der Waals surface area contributed by atoms with Crippen LogP contribution in [0.25, 0.3) is 0 Å². The zero-order valence-electron chi connectivity index (χ0n) is 8.42. The Bertz CT molecular complexity index is 196. The summed E-state index contributed by atoms with van der Waals surface area (Å²) in [7, 11) is 1.43. The Morgan fingerprint density at radius 3 is 2.29 bits per heavy atom. The highest BCUT2D eigenvalue weighted by molar-refractivity contribution is 5.00. The molecule has 5 atom stereocenters. The molecule has 84 valence electrons. The van der Waals surface area contributed by atoms with Gasteiger partial charge in [0.15, 0.2) is 0 Å². The summed E-state index contributed by atoms with van der Waals surface area (Å²) < 4.78 is 5.11. The Labute approximate surface area is 82.9 Å². The lowest BCUT2D eigenvalue weighted by molar-refractivity contribution is -0.211. The van der Waals surface area contributed by atoms with Gasteiger partial charge in [-0.2, -0.15) is 0 Å². The van der Waals surface area contributed by atoms with Crippen LogP contribution in [0.15, 0.2) is 0 Å². The fraction of sp³-hybridized carbons (Fsp3) is 1.00. The summed E-state index contributed by atoms with van der Waals surface area (Å²) in [6, 6.07) is 0. The molecule has 0 aromatic carbocycles. The molecule has 0 saturated heterocycles. The normalized spacial score (nSPS) is 49.3. The van der Waals surface area contributed by atoms with Crippen LogP contribution in [0.4, 0.5) is 0 Å². The molecule has 0 aromatic rings. The van der Waals surface area contributed by atoms with Crippen LogP contribution in [-0.2, 0) is 4.74 Å². The average molecular weight is 206 g/mol. The van der Waals surface area contributed by atoms with Crippen LogP contribution in [0.2, 0.25) is 0 Å². The first-order valence-corrected chi connectivity index (χ1v) is 4.66. The molecule has 0 aromatic heterocycles. The van der Waals surface area contributed by atoms with E-state index in [2.05, 4.69) is 0 Å². The van der Waals surface area contributed by atoms with Gasteiger partial charge in [0, 0.05) is 19.6 Å². The van der Waals surface area contributed by atoms with Crippen molar-refractivity contribution in [2.75, 3.05) is 13.7 Å². The lowest BCUT2D eigenvalue weighted by Gasteiger charge is -2.45. The minimum Gasteiger partial charge on any atom is -0.396 e. The number of aliphatic hydroxyl groups excluding tert-OH is 4. The molecule has 0 radical (unpaired) electrons. The van der Waals surface area contributed by atoms with Crippen LogP contribution in [0.1, 0.15) is 13.3 Å². The molecule has 0 spiro atoms. The third kappa shape index (κ3) is 1.78. The number of ether oxygens (including phenoxy) is 1. The van der Waals surface area contributed by atoms with Crippen molar-refractivity contribution < 1.29 is 25.2 Å². The van der Waals surface area contributed by atoms with Crippen molar-refractivity contribution in [3.63, 3.8) is 0 Å². The van der Waals surface area contributed by atoms with E-state index in [-0.39, 0.29) is 6.61 Å². The van der Waals surface area contributed by atoms with Gasteiger partial charge < -0.3 is 25.2 Å². The van der Waals surface area contributed by atoms with Gasteiger partial charge in [0.05, 0.1) is 11.7 Å². The molecule has 1 aliphatic carbocycles. The highest BCUT2D eigenvalue weighted by Crippen LogP contribution is 2.35. The van der Waals surface area contributed by atoms with E-state index in [1.165, 1.54) is 7.11 Å². The number of aliphatic hydroxyl groups is 4. The van der Waals surface area contributed by atoms with Crippen molar-refractivity contribution in [2.24, 2.45) is 5.92 Å². The van der Waals surface area contributed by atoms with Gasteiger partial charge in [0.25, 0.3) is 0 Å². The van der Waals surface area contributed by atoms with Gasteiger partial charge in [0.1, 0.15) is 12.2 Å². The fourth-order valence-electron chi connectivity index (χ4n) is 1.97. The summed E-state index contributed by atoms with van der Waals surface area (Å²) in [5.41, 5.74) is -0.911. The number of methoxy groups -OCH3 is 1. The van der Waals surface area contributed by atoms with Crippen molar-refractivity contribution in [3.8, 4) is 0 Å².